The van der Waals surface area contributed by atoms with Gasteiger partial charge in [0, 0.05) is 11.1 Å². The molecule has 0 bridgehead atoms. The van der Waals surface area contributed by atoms with Crippen molar-refractivity contribution >= 4 is 21.9 Å². The largest absolute Gasteiger partial charge is 0.497 e. The van der Waals surface area contributed by atoms with E-state index in [0.29, 0.717) is 34.0 Å². The zero-order valence-corrected chi connectivity index (χ0v) is 17.0. The highest BCUT2D eigenvalue weighted by atomic mass is 32.2. The Morgan fingerprint density at radius 1 is 0.900 bits per heavy atom. The molecular weight excluding hydrogens is 410 g/mol. The third-order valence-electron chi connectivity index (χ3n) is 4.06. The fraction of sp³-hybridized carbons (Fsp3) is 0.150. The fourth-order valence-corrected chi connectivity index (χ4v) is 3.42. The molecule has 2 N–H and O–H groups in total. The summed E-state index contributed by atoms with van der Waals surface area (Å²) in [6, 6.07) is 15.8. The molecule has 30 heavy (non-hydrogen) atoms. The van der Waals surface area contributed by atoms with Gasteiger partial charge in [0.1, 0.15) is 11.5 Å². The van der Waals surface area contributed by atoms with E-state index in [1.165, 1.54) is 0 Å². The summed E-state index contributed by atoms with van der Waals surface area (Å²) in [7, 11) is -1.06. The van der Waals surface area contributed by atoms with Crippen LogP contribution in [0.1, 0.15) is 0 Å². The van der Waals surface area contributed by atoms with Gasteiger partial charge in [-0.15, -0.1) is 0 Å². The lowest BCUT2D eigenvalue weighted by Gasteiger charge is -2.11. The van der Waals surface area contributed by atoms with Crippen LogP contribution in [0.2, 0.25) is 0 Å². The Hall–Kier alpha value is -3.66. The van der Waals surface area contributed by atoms with Gasteiger partial charge in [0.2, 0.25) is 16.0 Å². The summed E-state index contributed by atoms with van der Waals surface area (Å²) in [6.07, 6.45) is 0. The summed E-state index contributed by atoms with van der Waals surface area (Å²) in [5.74, 6) is -1.49. The molecule has 1 aromatic heterocycles. The number of anilines is 1. The molecule has 0 aliphatic heterocycles. The number of methoxy groups -OCH3 is 2. The highest BCUT2D eigenvalue weighted by Gasteiger charge is 2.18. The topological polar surface area (TPSA) is 128 Å². The van der Waals surface area contributed by atoms with Crippen molar-refractivity contribution in [2.75, 3.05) is 24.7 Å². The zero-order chi connectivity index (χ0) is 21.7. The average Bonchev–Trinajstić information content (AvgIpc) is 2.72. The summed E-state index contributed by atoms with van der Waals surface area (Å²) in [6.45, 7) is 0. The third-order valence-corrected chi connectivity index (χ3v) is 5.18. The normalized spacial score (nSPS) is 11.0. The van der Waals surface area contributed by atoms with Crippen LogP contribution in [0, 0.1) is 0 Å². The van der Waals surface area contributed by atoms with Gasteiger partial charge in [-0.1, -0.05) is 0 Å². The maximum absolute atomic E-state index is 12.1. The van der Waals surface area contributed by atoms with Gasteiger partial charge >= 0.3 is 5.97 Å². The molecule has 0 spiro atoms. The third kappa shape index (κ3) is 5.23. The van der Waals surface area contributed by atoms with Crippen LogP contribution in [0.4, 0.5) is 5.95 Å². The number of sulfonamides is 1. The minimum atomic E-state index is -4.17. The highest BCUT2D eigenvalue weighted by molar-refractivity contribution is 7.93. The van der Waals surface area contributed by atoms with Gasteiger partial charge in [-0.3, -0.25) is 9.52 Å². The monoisotopic (exact) mass is 429 g/mol. The van der Waals surface area contributed by atoms with E-state index in [0.717, 1.165) is 0 Å². The number of benzene rings is 2. The van der Waals surface area contributed by atoms with Crippen molar-refractivity contribution in [3.8, 4) is 34.0 Å². The van der Waals surface area contributed by atoms with Gasteiger partial charge in [0.25, 0.3) is 0 Å². The number of carboxylic acid groups (broad SMARTS) is 1. The highest BCUT2D eigenvalue weighted by Crippen LogP contribution is 2.28. The van der Waals surface area contributed by atoms with Crippen LogP contribution in [0.15, 0.2) is 54.6 Å². The first-order valence-corrected chi connectivity index (χ1v) is 10.3. The molecule has 3 rings (SSSR count). The van der Waals surface area contributed by atoms with E-state index in [-0.39, 0.29) is 5.95 Å². The van der Waals surface area contributed by atoms with Gasteiger partial charge in [-0.25, -0.2) is 18.4 Å². The first-order valence-electron chi connectivity index (χ1n) is 8.70. The molecule has 0 aliphatic carbocycles. The van der Waals surface area contributed by atoms with Crippen LogP contribution in [0.3, 0.4) is 0 Å². The molecule has 0 saturated carbocycles. The first-order chi connectivity index (χ1) is 14.3. The molecule has 1 heterocycles. The summed E-state index contributed by atoms with van der Waals surface area (Å²) >= 11 is 0. The molecule has 10 heteroatoms. The minimum absolute atomic E-state index is 0.226. The number of ether oxygens (including phenoxy) is 2. The molecule has 0 radical (unpaired) electrons. The molecule has 0 fully saturated rings. The molecule has 3 aromatic rings. The smallest absolute Gasteiger partial charge is 0.320 e. The number of carboxylic acids is 1. The second-order valence-electron chi connectivity index (χ2n) is 6.17. The molecule has 9 nitrogen and oxygen atoms in total. The van der Waals surface area contributed by atoms with Crippen molar-refractivity contribution in [3.63, 3.8) is 0 Å². The number of aromatic nitrogens is 2. The standard InChI is InChI=1S/C20H19N3O6S/c1-28-15-7-3-13(4-8-15)17-11-18(14-5-9-16(29-2)10-6-14)22-20(21-17)23-30(26,27)12-19(24)25/h3-11H,12H2,1-2H3,(H,24,25)(H,21,22,23). The van der Waals surface area contributed by atoms with Crippen molar-refractivity contribution in [1.29, 1.82) is 0 Å². The number of nitrogens with zero attached hydrogens (tertiary/aromatic N) is 2. The van der Waals surface area contributed by atoms with E-state index in [1.54, 1.807) is 68.8 Å². The van der Waals surface area contributed by atoms with Crippen LogP contribution >= 0.6 is 0 Å². The number of hydrogen-bond donors (Lipinski definition) is 2. The van der Waals surface area contributed by atoms with E-state index in [2.05, 4.69) is 14.7 Å². The maximum atomic E-state index is 12.1. The van der Waals surface area contributed by atoms with Crippen molar-refractivity contribution in [2.45, 2.75) is 0 Å². The predicted octanol–water partition coefficient (Wildman–Crippen LogP) is 2.65. The maximum Gasteiger partial charge on any atom is 0.320 e. The Balaban J connectivity index is 2.07. The molecule has 156 valence electrons. The Kier molecular flexibility index (Phi) is 6.17. The lowest BCUT2D eigenvalue weighted by molar-refractivity contribution is -0.134. The summed E-state index contributed by atoms with van der Waals surface area (Å²) in [5.41, 5.74) is 2.30. The number of nitrogens with one attached hydrogen (secondary N) is 1. The van der Waals surface area contributed by atoms with Crippen LogP contribution in [-0.4, -0.2) is 49.4 Å². The van der Waals surface area contributed by atoms with Gasteiger partial charge in [0.05, 0.1) is 25.6 Å². The molecule has 0 atom stereocenters. The van der Waals surface area contributed by atoms with E-state index in [4.69, 9.17) is 14.6 Å². The summed E-state index contributed by atoms with van der Waals surface area (Å²) in [5, 5.41) is 8.81. The van der Waals surface area contributed by atoms with Crippen LogP contribution in [0.25, 0.3) is 22.5 Å². The van der Waals surface area contributed by atoms with E-state index in [9.17, 15) is 13.2 Å². The number of aliphatic carboxylic acids is 1. The van der Waals surface area contributed by atoms with Crippen LogP contribution in [0.5, 0.6) is 11.5 Å². The van der Waals surface area contributed by atoms with E-state index in [1.807, 2.05) is 0 Å². The number of carbonyl (C=O) groups is 1. The Morgan fingerprint density at radius 3 is 1.70 bits per heavy atom. The zero-order valence-electron chi connectivity index (χ0n) is 16.2. The Morgan fingerprint density at radius 2 is 1.33 bits per heavy atom. The second kappa shape index (κ2) is 8.78. The predicted molar refractivity (Wildman–Crippen MR) is 111 cm³/mol. The minimum Gasteiger partial charge on any atom is -0.497 e. The first kappa shape index (κ1) is 21.1. The fourth-order valence-electron chi connectivity index (χ4n) is 2.65. The quantitative estimate of drug-likeness (QED) is 0.559. The molecule has 0 unspecified atom stereocenters. The second-order valence-corrected chi connectivity index (χ2v) is 7.90. The van der Waals surface area contributed by atoms with E-state index < -0.39 is 21.7 Å². The van der Waals surface area contributed by atoms with Crippen LogP contribution in [-0.2, 0) is 14.8 Å². The average molecular weight is 429 g/mol. The summed E-state index contributed by atoms with van der Waals surface area (Å²) < 4.78 is 36.6. The van der Waals surface area contributed by atoms with Gasteiger partial charge in [0.15, 0.2) is 5.75 Å². The number of rotatable bonds is 8. The van der Waals surface area contributed by atoms with Crippen LogP contribution < -0.4 is 14.2 Å². The molecule has 2 aromatic carbocycles. The lowest BCUT2D eigenvalue weighted by atomic mass is 10.1. The molecule has 0 saturated heterocycles. The lowest BCUT2D eigenvalue weighted by Crippen LogP contribution is -2.23. The van der Waals surface area contributed by atoms with E-state index >= 15 is 0 Å². The Labute approximate surface area is 173 Å². The Bertz CT molecular complexity index is 1080. The molecule has 0 amide bonds. The summed E-state index contributed by atoms with van der Waals surface area (Å²) in [4.78, 5) is 19.3. The molecule has 0 aliphatic rings. The van der Waals surface area contributed by atoms with Gasteiger partial charge in [-0.2, -0.15) is 0 Å². The van der Waals surface area contributed by atoms with Crippen molar-refractivity contribution < 1.29 is 27.8 Å². The van der Waals surface area contributed by atoms with Gasteiger partial charge in [-0.05, 0) is 54.6 Å². The van der Waals surface area contributed by atoms with Crippen molar-refractivity contribution in [1.82, 2.24) is 9.97 Å². The number of hydrogen-bond acceptors (Lipinski definition) is 7. The van der Waals surface area contributed by atoms with Gasteiger partial charge < -0.3 is 14.6 Å². The van der Waals surface area contributed by atoms with Crippen molar-refractivity contribution in [3.05, 3.63) is 54.6 Å². The SMILES string of the molecule is COc1ccc(-c2cc(-c3ccc(OC)cc3)nc(NS(=O)(=O)CC(=O)O)n2)cc1. The molecular formula is C20H19N3O6S. The van der Waals surface area contributed by atoms with Crippen molar-refractivity contribution in [2.24, 2.45) is 0 Å².